The van der Waals surface area contributed by atoms with Gasteiger partial charge in [-0.15, -0.1) is 13.2 Å². The van der Waals surface area contributed by atoms with E-state index in [0.717, 1.165) is 31.5 Å². The maximum absolute atomic E-state index is 12.3. The third kappa shape index (κ3) is 4.03. The van der Waals surface area contributed by atoms with Crippen LogP contribution in [0, 0.1) is 0 Å². The molecule has 112 valence electrons. The van der Waals surface area contributed by atoms with Crippen LogP contribution in [0.2, 0.25) is 0 Å². The zero-order valence-electron chi connectivity index (χ0n) is 11.3. The highest BCUT2D eigenvalue weighted by molar-refractivity contribution is 5.44. The average molecular weight is 289 g/mol. The largest absolute Gasteiger partial charge is 0.573 e. The molecule has 0 bridgehead atoms. The molecule has 1 saturated heterocycles. The van der Waals surface area contributed by atoms with Crippen molar-refractivity contribution in [3.63, 3.8) is 0 Å². The minimum absolute atomic E-state index is 0.154. The highest BCUT2D eigenvalue weighted by Gasteiger charge is 2.32. The lowest BCUT2D eigenvalue weighted by Gasteiger charge is -2.24. The molecular weight excluding hydrogens is 271 g/mol. The summed E-state index contributed by atoms with van der Waals surface area (Å²) in [5.41, 5.74) is 1.00. The molecule has 0 radical (unpaired) electrons. The van der Waals surface area contributed by atoms with Crippen LogP contribution in [0.4, 0.5) is 13.2 Å². The van der Waals surface area contributed by atoms with E-state index in [-0.39, 0.29) is 11.5 Å². The van der Waals surface area contributed by atoms with Crippen molar-refractivity contribution in [2.45, 2.75) is 32.0 Å². The van der Waals surface area contributed by atoms with E-state index < -0.39 is 6.36 Å². The molecule has 1 aromatic carbocycles. The molecule has 1 heterocycles. The zero-order valence-corrected chi connectivity index (χ0v) is 11.3. The van der Waals surface area contributed by atoms with Crippen molar-refractivity contribution in [1.82, 2.24) is 5.32 Å². The molecule has 1 aliphatic rings. The molecule has 1 fully saturated rings. The number of hydrogen-bond acceptors (Lipinski definition) is 3. The van der Waals surface area contributed by atoms with Gasteiger partial charge in [0.25, 0.3) is 0 Å². The van der Waals surface area contributed by atoms with Crippen LogP contribution in [-0.2, 0) is 0 Å². The fraction of sp³-hybridized carbons (Fsp3) is 0.571. The van der Waals surface area contributed by atoms with E-state index in [1.165, 1.54) is 6.07 Å². The van der Waals surface area contributed by atoms with E-state index >= 15 is 0 Å². The minimum atomic E-state index is -4.71. The van der Waals surface area contributed by atoms with Gasteiger partial charge in [-0.05, 0) is 56.5 Å². The Morgan fingerprint density at radius 3 is 2.50 bits per heavy atom. The number of halogens is 3. The second-order valence-electron chi connectivity index (χ2n) is 4.71. The van der Waals surface area contributed by atoms with E-state index in [4.69, 9.17) is 4.74 Å². The van der Waals surface area contributed by atoms with Crippen LogP contribution < -0.4 is 14.8 Å². The molecule has 1 aliphatic heterocycles. The van der Waals surface area contributed by atoms with Gasteiger partial charge in [0, 0.05) is 0 Å². The van der Waals surface area contributed by atoms with Crippen molar-refractivity contribution in [2.75, 3.05) is 19.7 Å². The van der Waals surface area contributed by atoms with Crippen molar-refractivity contribution >= 4 is 0 Å². The molecule has 0 atom stereocenters. The van der Waals surface area contributed by atoms with Gasteiger partial charge in [0.05, 0.1) is 6.61 Å². The summed E-state index contributed by atoms with van der Waals surface area (Å²) in [6, 6.07) is 4.70. The summed E-state index contributed by atoms with van der Waals surface area (Å²) in [7, 11) is 0. The smallest absolute Gasteiger partial charge is 0.490 e. The molecule has 1 N–H and O–H groups in total. The van der Waals surface area contributed by atoms with Gasteiger partial charge < -0.3 is 14.8 Å². The van der Waals surface area contributed by atoms with Crippen LogP contribution in [-0.4, -0.2) is 26.1 Å². The zero-order chi connectivity index (χ0) is 14.6. The molecule has 6 heteroatoms. The summed E-state index contributed by atoms with van der Waals surface area (Å²) in [6.45, 7) is 3.88. The summed E-state index contributed by atoms with van der Waals surface area (Å²) < 4.78 is 46.3. The van der Waals surface area contributed by atoms with Gasteiger partial charge in [-0.2, -0.15) is 0 Å². The first-order chi connectivity index (χ1) is 9.49. The van der Waals surface area contributed by atoms with Crippen molar-refractivity contribution in [3.05, 3.63) is 23.8 Å². The summed E-state index contributed by atoms with van der Waals surface area (Å²) in [4.78, 5) is 0. The second-order valence-corrected chi connectivity index (χ2v) is 4.71. The number of alkyl halides is 3. The molecule has 0 unspecified atom stereocenters. The van der Waals surface area contributed by atoms with Crippen molar-refractivity contribution in [3.8, 4) is 11.5 Å². The average Bonchev–Trinajstić information content (AvgIpc) is 2.40. The maximum atomic E-state index is 12.3. The van der Waals surface area contributed by atoms with Crippen molar-refractivity contribution < 1.29 is 22.6 Å². The van der Waals surface area contributed by atoms with Crippen LogP contribution in [0.25, 0.3) is 0 Å². The predicted molar refractivity (Wildman–Crippen MR) is 69.1 cm³/mol. The molecule has 0 amide bonds. The third-order valence-corrected chi connectivity index (χ3v) is 3.30. The quantitative estimate of drug-likeness (QED) is 0.921. The lowest BCUT2D eigenvalue weighted by molar-refractivity contribution is -0.275. The minimum Gasteiger partial charge on any atom is -0.490 e. The van der Waals surface area contributed by atoms with Gasteiger partial charge in [-0.3, -0.25) is 0 Å². The number of piperidine rings is 1. The van der Waals surface area contributed by atoms with Gasteiger partial charge in [-0.25, -0.2) is 0 Å². The highest BCUT2D eigenvalue weighted by Crippen LogP contribution is 2.36. The van der Waals surface area contributed by atoms with Crippen LogP contribution in [0.1, 0.15) is 31.2 Å². The Hall–Kier alpha value is -1.43. The van der Waals surface area contributed by atoms with E-state index in [2.05, 4.69) is 10.1 Å². The van der Waals surface area contributed by atoms with Crippen LogP contribution in [0.15, 0.2) is 18.2 Å². The van der Waals surface area contributed by atoms with Gasteiger partial charge in [-0.1, -0.05) is 6.07 Å². The lowest BCUT2D eigenvalue weighted by Crippen LogP contribution is -2.26. The molecular formula is C14H18F3NO2. The molecule has 0 aromatic heterocycles. The Morgan fingerprint density at radius 1 is 1.20 bits per heavy atom. The molecule has 0 spiro atoms. The van der Waals surface area contributed by atoms with E-state index in [0.29, 0.717) is 12.5 Å². The van der Waals surface area contributed by atoms with E-state index in [1.807, 2.05) is 0 Å². The molecule has 3 nitrogen and oxygen atoms in total. The second kappa shape index (κ2) is 6.35. The fourth-order valence-corrected chi connectivity index (χ4v) is 2.41. The number of rotatable bonds is 4. The SMILES string of the molecule is CCOc1cc(C2CCNCC2)ccc1OC(F)(F)F. The van der Waals surface area contributed by atoms with Crippen LogP contribution >= 0.6 is 0 Å². The van der Waals surface area contributed by atoms with Gasteiger partial charge in [0.15, 0.2) is 11.5 Å². The first kappa shape index (κ1) is 15.0. The first-order valence-corrected chi connectivity index (χ1v) is 6.73. The molecule has 1 aromatic rings. The van der Waals surface area contributed by atoms with E-state index in [9.17, 15) is 13.2 Å². The molecule has 2 rings (SSSR count). The molecule has 0 aliphatic carbocycles. The highest BCUT2D eigenvalue weighted by atomic mass is 19.4. The monoisotopic (exact) mass is 289 g/mol. The van der Waals surface area contributed by atoms with Crippen molar-refractivity contribution in [2.24, 2.45) is 0 Å². The normalized spacial score (nSPS) is 17.0. The van der Waals surface area contributed by atoms with Gasteiger partial charge >= 0.3 is 6.36 Å². The standard InChI is InChI=1S/C14H18F3NO2/c1-2-19-13-9-11(10-5-7-18-8-6-10)3-4-12(13)20-14(15,16)17/h3-4,9-10,18H,2,5-8H2,1H3. The summed E-state index contributed by atoms with van der Waals surface area (Å²) in [5, 5.41) is 3.26. The fourth-order valence-electron chi connectivity index (χ4n) is 2.41. The number of hydrogen-bond donors (Lipinski definition) is 1. The Bertz CT molecular complexity index is 443. The molecule has 20 heavy (non-hydrogen) atoms. The number of benzene rings is 1. The van der Waals surface area contributed by atoms with Crippen molar-refractivity contribution in [1.29, 1.82) is 0 Å². The Balaban J connectivity index is 2.21. The number of nitrogens with one attached hydrogen (secondary N) is 1. The topological polar surface area (TPSA) is 30.5 Å². The Labute approximate surface area is 116 Å². The predicted octanol–water partition coefficient (Wildman–Crippen LogP) is 3.45. The molecule has 0 saturated carbocycles. The van der Waals surface area contributed by atoms with Crippen LogP contribution in [0.5, 0.6) is 11.5 Å². The summed E-state index contributed by atoms with van der Waals surface area (Å²) >= 11 is 0. The van der Waals surface area contributed by atoms with Gasteiger partial charge in [0.1, 0.15) is 0 Å². The Morgan fingerprint density at radius 2 is 1.90 bits per heavy atom. The Kier molecular flexibility index (Phi) is 4.75. The van der Waals surface area contributed by atoms with E-state index in [1.54, 1.807) is 19.1 Å². The summed E-state index contributed by atoms with van der Waals surface area (Å²) in [5.74, 6) is 0.230. The maximum Gasteiger partial charge on any atom is 0.573 e. The van der Waals surface area contributed by atoms with Crippen LogP contribution in [0.3, 0.4) is 0 Å². The first-order valence-electron chi connectivity index (χ1n) is 6.73. The lowest BCUT2D eigenvalue weighted by atomic mass is 9.90. The third-order valence-electron chi connectivity index (χ3n) is 3.30. The van der Waals surface area contributed by atoms with Gasteiger partial charge in [0.2, 0.25) is 0 Å². The number of ether oxygens (including phenoxy) is 2. The summed E-state index contributed by atoms with van der Waals surface area (Å²) in [6.07, 6.45) is -2.75.